The molecule has 3 aromatic carbocycles. The number of hydrogen-bond donors (Lipinski definition) is 0. The van der Waals surface area contributed by atoms with Crippen LogP contribution in [0, 0.1) is 17.0 Å². The van der Waals surface area contributed by atoms with E-state index >= 15 is 0 Å². The van der Waals surface area contributed by atoms with Gasteiger partial charge in [-0.1, -0.05) is 18.2 Å². The van der Waals surface area contributed by atoms with Crippen LogP contribution in [0.15, 0.2) is 74.8 Å². The van der Waals surface area contributed by atoms with Crippen LogP contribution >= 0.6 is 0 Å². The van der Waals surface area contributed by atoms with Crippen LogP contribution in [0.3, 0.4) is 0 Å². The average Bonchev–Trinajstić information content (AvgIpc) is 2.66. The number of rotatable bonds is 4. The van der Waals surface area contributed by atoms with E-state index in [0.29, 0.717) is 10.9 Å². The lowest BCUT2D eigenvalue weighted by Crippen LogP contribution is -2.11. The zero-order valence-corrected chi connectivity index (χ0v) is 15.8. The first-order valence-corrected chi connectivity index (χ1v) is 9.82. The third kappa shape index (κ3) is 3.32. The number of hydrogen-bond acceptors (Lipinski definition) is 7. The molecule has 0 aliphatic heterocycles. The molecule has 0 atom stereocenters. The largest absolute Gasteiger partial charge is 0.423 e. The van der Waals surface area contributed by atoms with Gasteiger partial charge in [0, 0.05) is 29.0 Å². The van der Waals surface area contributed by atoms with Crippen LogP contribution in [0.25, 0.3) is 21.7 Å². The summed E-state index contributed by atoms with van der Waals surface area (Å²) in [4.78, 5) is 22.0. The Kier molecular flexibility index (Phi) is 4.31. The maximum Gasteiger partial charge on any atom is 0.339 e. The highest BCUT2D eigenvalue weighted by Gasteiger charge is 2.24. The smallest absolute Gasteiger partial charge is 0.339 e. The fraction of sp³-hybridized carbons (Fsp3) is 0.0500. The molecule has 1 aromatic heterocycles. The van der Waals surface area contributed by atoms with E-state index < -0.39 is 20.7 Å². The normalized spacial score (nSPS) is 11.6. The van der Waals surface area contributed by atoms with Crippen LogP contribution in [-0.4, -0.2) is 13.3 Å². The van der Waals surface area contributed by atoms with E-state index in [-0.39, 0.29) is 32.7 Å². The van der Waals surface area contributed by atoms with Gasteiger partial charge in [0.05, 0.1) is 10.3 Å². The van der Waals surface area contributed by atoms with Gasteiger partial charge in [0.2, 0.25) is 0 Å². The highest BCUT2D eigenvalue weighted by Crippen LogP contribution is 2.32. The van der Waals surface area contributed by atoms with E-state index in [1.807, 2.05) is 0 Å². The lowest BCUT2D eigenvalue weighted by Gasteiger charge is -2.10. The molecule has 0 saturated carbocycles. The van der Waals surface area contributed by atoms with E-state index in [1.165, 1.54) is 30.3 Å². The maximum atomic E-state index is 12.9. The van der Waals surface area contributed by atoms with Gasteiger partial charge in [-0.3, -0.25) is 10.1 Å². The lowest BCUT2D eigenvalue weighted by atomic mass is 10.1. The molecule has 0 N–H and O–H groups in total. The first kappa shape index (κ1) is 18.6. The zero-order valence-electron chi connectivity index (χ0n) is 15.0. The minimum absolute atomic E-state index is 0.0475. The monoisotopic (exact) mass is 411 g/mol. The van der Waals surface area contributed by atoms with Crippen LogP contribution in [0.2, 0.25) is 0 Å². The molecular weight excluding hydrogens is 398 g/mol. The Balaban J connectivity index is 1.83. The number of aryl methyl sites for hydroxylation is 1. The predicted octanol–water partition coefficient (Wildman–Crippen LogP) is 3.93. The summed E-state index contributed by atoms with van der Waals surface area (Å²) in [6.45, 7) is 1.74. The third-order valence-electron chi connectivity index (χ3n) is 4.46. The molecule has 4 aromatic rings. The first-order chi connectivity index (χ1) is 13.8. The number of nitrogens with zero attached hydrogens (tertiary/aromatic N) is 1. The lowest BCUT2D eigenvalue weighted by molar-refractivity contribution is -0.383. The van der Waals surface area contributed by atoms with Crippen LogP contribution < -0.4 is 9.81 Å². The molecule has 4 rings (SSSR count). The van der Waals surface area contributed by atoms with Gasteiger partial charge in [0.15, 0.2) is 0 Å². The molecule has 0 bridgehead atoms. The van der Waals surface area contributed by atoms with Crippen molar-refractivity contribution in [2.24, 2.45) is 0 Å². The molecule has 0 amide bonds. The SMILES string of the molecule is Cc1cc(=O)oc2cc(OS(=O)(=O)c3ccc([N+](=O)[O-])c4ccccc34)ccc12. The second-order valence-electron chi connectivity index (χ2n) is 6.33. The molecule has 29 heavy (non-hydrogen) atoms. The molecule has 0 spiro atoms. The summed E-state index contributed by atoms with van der Waals surface area (Å²) in [5, 5.41) is 12.2. The van der Waals surface area contributed by atoms with Gasteiger partial charge >= 0.3 is 15.7 Å². The minimum Gasteiger partial charge on any atom is -0.423 e. The summed E-state index contributed by atoms with van der Waals surface area (Å²) in [6.07, 6.45) is 0. The number of nitro groups is 1. The second-order valence-corrected chi connectivity index (χ2v) is 7.84. The third-order valence-corrected chi connectivity index (χ3v) is 5.76. The second kappa shape index (κ2) is 6.71. The zero-order chi connectivity index (χ0) is 20.8. The molecule has 0 fully saturated rings. The van der Waals surface area contributed by atoms with Crippen LogP contribution in [-0.2, 0) is 10.1 Å². The van der Waals surface area contributed by atoms with E-state index in [9.17, 15) is 23.3 Å². The van der Waals surface area contributed by atoms with Gasteiger partial charge in [0.1, 0.15) is 16.2 Å². The quantitative estimate of drug-likeness (QED) is 0.216. The summed E-state index contributed by atoms with van der Waals surface area (Å²) in [6, 6.07) is 14.1. The number of non-ortho nitro benzene ring substituents is 1. The molecule has 1 heterocycles. The molecule has 0 radical (unpaired) electrons. The van der Waals surface area contributed by atoms with Gasteiger partial charge < -0.3 is 8.60 Å². The van der Waals surface area contributed by atoms with Crippen molar-refractivity contribution in [3.05, 3.63) is 86.8 Å². The van der Waals surface area contributed by atoms with Crippen LogP contribution in [0.4, 0.5) is 5.69 Å². The van der Waals surface area contributed by atoms with E-state index in [4.69, 9.17) is 8.60 Å². The maximum absolute atomic E-state index is 12.9. The molecule has 8 nitrogen and oxygen atoms in total. The van der Waals surface area contributed by atoms with Crippen molar-refractivity contribution in [1.29, 1.82) is 0 Å². The van der Waals surface area contributed by atoms with Crippen LogP contribution in [0.5, 0.6) is 5.75 Å². The summed E-state index contributed by atoms with van der Waals surface area (Å²) in [5.74, 6) is -0.0475. The standard InChI is InChI=1S/C20H13NO7S/c1-12-10-20(22)27-18-11-13(6-7-14(12)18)28-29(25,26)19-9-8-17(21(23)24)15-4-2-3-5-16(15)19/h2-11H,1H3. The Morgan fingerprint density at radius 3 is 2.41 bits per heavy atom. The highest BCUT2D eigenvalue weighted by atomic mass is 32.2. The van der Waals surface area contributed by atoms with Crippen molar-refractivity contribution in [1.82, 2.24) is 0 Å². The minimum atomic E-state index is -4.31. The first-order valence-electron chi connectivity index (χ1n) is 8.41. The Bertz CT molecular complexity index is 1460. The molecule has 0 aliphatic rings. The number of nitro benzene ring substituents is 1. The van der Waals surface area contributed by atoms with Gasteiger partial charge in [-0.2, -0.15) is 8.42 Å². The summed E-state index contributed by atoms with van der Waals surface area (Å²) < 4.78 is 36.1. The highest BCUT2D eigenvalue weighted by molar-refractivity contribution is 7.87. The summed E-state index contributed by atoms with van der Waals surface area (Å²) >= 11 is 0. The number of fused-ring (bicyclic) bond motifs is 2. The average molecular weight is 411 g/mol. The van der Waals surface area contributed by atoms with Crippen LogP contribution in [0.1, 0.15) is 5.56 Å². The fourth-order valence-electron chi connectivity index (χ4n) is 3.16. The van der Waals surface area contributed by atoms with Crippen molar-refractivity contribution in [3.63, 3.8) is 0 Å². The van der Waals surface area contributed by atoms with Gasteiger partial charge in [-0.25, -0.2) is 4.79 Å². The summed E-state index contributed by atoms with van der Waals surface area (Å²) in [5.41, 5.74) is 0.113. The molecule has 9 heteroatoms. The predicted molar refractivity (Wildman–Crippen MR) is 106 cm³/mol. The molecule has 0 saturated heterocycles. The van der Waals surface area contributed by atoms with Gasteiger partial charge in [0.25, 0.3) is 5.69 Å². The van der Waals surface area contributed by atoms with Gasteiger partial charge in [-0.05, 0) is 36.8 Å². The van der Waals surface area contributed by atoms with Crippen molar-refractivity contribution in [2.75, 3.05) is 0 Å². The van der Waals surface area contributed by atoms with Gasteiger partial charge in [-0.15, -0.1) is 0 Å². The van der Waals surface area contributed by atoms with Crippen molar-refractivity contribution < 1.29 is 21.9 Å². The molecule has 0 aliphatic carbocycles. The van der Waals surface area contributed by atoms with E-state index in [1.54, 1.807) is 25.1 Å². The fourth-order valence-corrected chi connectivity index (χ4v) is 4.29. The Morgan fingerprint density at radius 2 is 1.69 bits per heavy atom. The number of benzene rings is 3. The van der Waals surface area contributed by atoms with Crippen molar-refractivity contribution >= 4 is 37.5 Å². The Labute approximate surface area is 164 Å². The topological polar surface area (TPSA) is 117 Å². The van der Waals surface area contributed by atoms with E-state index in [2.05, 4.69) is 0 Å². The van der Waals surface area contributed by atoms with Crippen molar-refractivity contribution in [3.8, 4) is 5.75 Å². The summed E-state index contributed by atoms with van der Waals surface area (Å²) in [7, 11) is -4.31. The molecular formula is C20H13NO7S. The van der Waals surface area contributed by atoms with E-state index in [0.717, 1.165) is 12.1 Å². The Morgan fingerprint density at radius 1 is 0.966 bits per heavy atom. The van der Waals surface area contributed by atoms with Crippen molar-refractivity contribution in [2.45, 2.75) is 11.8 Å². The molecule has 146 valence electrons. The molecule has 0 unspecified atom stereocenters. The Hall–Kier alpha value is -3.72.